The molecule has 1 atom stereocenters. The summed E-state index contributed by atoms with van der Waals surface area (Å²) in [5.41, 5.74) is 1.38. The molecular weight excluding hydrogens is 344 g/mol. The van der Waals surface area contributed by atoms with Gasteiger partial charge in [-0.1, -0.05) is 0 Å². The average molecular weight is 368 g/mol. The van der Waals surface area contributed by atoms with Crippen LogP contribution in [0.4, 0.5) is 0 Å². The van der Waals surface area contributed by atoms with Crippen molar-refractivity contribution in [1.82, 2.24) is 30.0 Å². The Kier molecular flexibility index (Phi) is 5.13. The van der Waals surface area contributed by atoms with Crippen LogP contribution in [0.3, 0.4) is 0 Å². The average Bonchev–Trinajstić information content (AvgIpc) is 3.28. The van der Waals surface area contributed by atoms with Crippen LogP contribution in [-0.4, -0.2) is 68.0 Å². The van der Waals surface area contributed by atoms with Crippen LogP contribution in [0, 0.1) is 0 Å². The fourth-order valence-electron chi connectivity index (χ4n) is 3.96. The van der Waals surface area contributed by atoms with Crippen molar-refractivity contribution in [3.8, 4) is 0 Å². The molecule has 142 valence electrons. The lowest BCUT2D eigenvalue weighted by Gasteiger charge is -2.32. The first kappa shape index (κ1) is 17.6. The molecule has 0 aliphatic carbocycles. The van der Waals surface area contributed by atoms with Gasteiger partial charge in [-0.05, 0) is 38.2 Å². The number of hydrogen-bond donors (Lipinski definition) is 1. The fourth-order valence-corrected chi connectivity index (χ4v) is 3.96. The molecule has 2 aliphatic rings. The largest absolute Gasteiger partial charge is 0.337 e. The molecule has 0 radical (unpaired) electrons. The predicted molar refractivity (Wildman–Crippen MR) is 98.3 cm³/mol. The number of likely N-dealkylation sites (tertiary alicyclic amines) is 2. The molecule has 8 heteroatoms. The SMILES string of the molecule is O=C(c1nccnc1C(=O)N1CCC[C@H](c2ccn[nH]2)C1)N1CCCCC1. The van der Waals surface area contributed by atoms with Crippen LogP contribution < -0.4 is 0 Å². The van der Waals surface area contributed by atoms with Gasteiger partial charge in [-0.25, -0.2) is 9.97 Å². The third-order valence-corrected chi connectivity index (χ3v) is 5.42. The minimum Gasteiger partial charge on any atom is -0.337 e. The van der Waals surface area contributed by atoms with E-state index in [0.717, 1.165) is 37.8 Å². The molecule has 2 aliphatic heterocycles. The molecule has 0 saturated carbocycles. The van der Waals surface area contributed by atoms with E-state index in [0.29, 0.717) is 26.2 Å². The van der Waals surface area contributed by atoms with E-state index >= 15 is 0 Å². The Hall–Kier alpha value is -2.77. The summed E-state index contributed by atoms with van der Waals surface area (Å²) in [7, 11) is 0. The summed E-state index contributed by atoms with van der Waals surface area (Å²) in [6.45, 7) is 2.69. The number of nitrogens with one attached hydrogen (secondary N) is 1. The van der Waals surface area contributed by atoms with Crippen molar-refractivity contribution >= 4 is 11.8 Å². The van der Waals surface area contributed by atoms with Gasteiger partial charge in [0.2, 0.25) is 0 Å². The zero-order valence-electron chi connectivity index (χ0n) is 15.3. The van der Waals surface area contributed by atoms with E-state index in [4.69, 9.17) is 0 Å². The molecule has 1 N–H and O–H groups in total. The molecule has 2 aromatic heterocycles. The van der Waals surface area contributed by atoms with Crippen molar-refractivity contribution in [2.45, 2.75) is 38.0 Å². The Morgan fingerprint density at radius 3 is 2.22 bits per heavy atom. The number of rotatable bonds is 3. The summed E-state index contributed by atoms with van der Waals surface area (Å²) in [6.07, 6.45) is 9.73. The fraction of sp³-hybridized carbons (Fsp3) is 0.526. The number of piperidine rings is 2. The highest BCUT2D eigenvalue weighted by molar-refractivity contribution is 6.04. The third kappa shape index (κ3) is 3.70. The van der Waals surface area contributed by atoms with Crippen LogP contribution in [0.5, 0.6) is 0 Å². The van der Waals surface area contributed by atoms with Gasteiger partial charge in [0.25, 0.3) is 11.8 Å². The van der Waals surface area contributed by atoms with Gasteiger partial charge in [0.15, 0.2) is 11.4 Å². The number of hydrogen-bond acceptors (Lipinski definition) is 5. The maximum Gasteiger partial charge on any atom is 0.274 e. The van der Waals surface area contributed by atoms with Gasteiger partial charge < -0.3 is 9.80 Å². The first-order chi connectivity index (χ1) is 13.2. The van der Waals surface area contributed by atoms with Gasteiger partial charge in [0.1, 0.15) is 0 Å². The Labute approximate surface area is 158 Å². The van der Waals surface area contributed by atoms with Gasteiger partial charge in [-0.15, -0.1) is 0 Å². The second-order valence-corrected chi connectivity index (χ2v) is 7.21. The molecule has 2 fully saturated rings. The highest BCUT2D eigenvalue weighted by Crippen LogP contribution is 2.26. The lowest BCUT2D eigenvalue weighted by molar-refractivity contribution is 0.0665. The normalized spacial score (nSPS) is 20.5. The van der Waals surface area contributed by atoms with Gasteiger partial charge in [-0.3, -0.25) is 14.7 Å². The van der Waals surface area contributed by atoms with Crippen LogP contribution >= 0.6 is 0 Å². The van der Waals surface area contributed by atoms with Gasteiger partial charge in [0.05, 0.1) is 0 Å². The van der Waals surface area contributed by atoms with Gasteiger partial charge in [-0.2, -0.15) is 5.10 Å². The number of aromatic nitrogens is 4. The molecule has 27 heavy (non-hydrogen) atoms. The molecule has 0 bridgehead atoms. The molecule has 2 saturated heterocycles. The minimum absolute atomic E-state index is 0.165. The van der Waals surface area contributed by atoms with E-state index in [-0.39, 0.29) is 29.1 Å². The standard InChI is InChI=1S/C19H24N6O2/c26-18(24-10-2-1-3-11-24)16-17(21-9-8-20-16)19(27)25-12-4-5-14(13-25)15-6-7-22-23-15/h6-9,14H,1-5,10-13H2,(H,22,23)/t14-/m0/s1. The zero-order chi connectivity index (χ0) is 18.6. The highest BCUT2D eigenvalue weighted by Gasteiger charge is 2.31. The maximum absolute atomic E-state index is 13.1. The molecular formula is C19H24N6O2. The number of aromatic amines is 1. The van der Waals surface area contributed by atoms with E-state index in [1.54, 1.807) is 16.0 Å². The molecule has 2 aromatic rings. The second kappa shape index (κ2) is 7.85. The molecule has 4 heterocycles. The van der Waals surface area contributed by atoms with Crippen LogP contribution in [0.25, 0.3) is 0 Å². The summed E-state index contributed by atoms with van der Waals surface area (Å²) in [5, 5.41) is 7.02. The summed E-state index contributed by atoms with van der Waals surface area (Å²) in [4.78, 5) is 38.1. The Balaban J connectivity index is 1.54. The van der Waals surface area contributed by atoms with Crippen molar-refractivity contribution in [1.29, 1.82) is 0 Å². The highest BCUT2D eigenvalue weighted by atomic mass is 16.2. The number of H-pyrrole nitrogens is 1. The number of carbonyl (C=O) groups excluding carboxylic acids is 2. The zero-order valence-corrected chi connectivity index (χ0v) is 15.3. The molecule has 0 unspecified atom stereocenters. The number of amides is 2. The number of nitrogens with zero attached hydrogens (tertiary/aromatic N) is 5. The van der Waals surface area contributed by atoms with E-state index in [1.165, 1.54) is 12.4 Å². The molecule has 0 aromatic carbocycles. The van der Waals surface area contributed by atoms with Crippen LogP contribution in [-0.2, 0) is 0 Å². The lowest BCUT2D eigenvalue weighted by Crippen LogP contribution is -2.42. The Morgan fingerprint density at radius 1 is 0.889 bits per heavy atom. The lowest BCUT2D eigenvalue weighted by atomic mass is 9.94. The monoisotopic (exact) mass is 368 g/mol. The summed E-state index contributed by atoms with van der Waals surface area (Å²) in [6, 6.07) is 1.95. The van der Waals surface area contributed by atoms with Crippen LogP contribution in [0.2, 0.25) is 0 Å². The van der Waals surface area contributed by atoms with E-state index in [9.17, 15) is 9.59 Å². The van der Waals surface area contributed by atoms with E-state index < -0.39 is 0 Å². The van der Waals surface area contributed by atoms with Crippen molar-refractivity contribution in [3.05, 3.63) is 41.7 Å². The van der Waals surface area contributed by atoms with Gasteiger partial charge in [0, 0.05) is 56.4 Å². The van der Waals surface area contributed by atoms with Crippen LogP contribution in [0.15, 0.2) is 24.7 Å². The van der Waals surface area contributed by atoms with Crippen molar-refractivity contribution < 1.29 is 9.59 Å². The quantitative estimate of drug-likeness (QED) is 0.892. The molecule has 2 amide bonds. The smallest absolute Gasteiger partial charge is 0.274 e. The molecule has 0 spiro atoms. The van der Waals surface area contributed by atoms with Crippen molar-refractivity contribution in [2.24, 2.45) is 0 Å². The second-order valence-electron chi connectivity index (χ2n) is 7.21. The number of carbonyl (C=O) groups is 2. The minimum atomic E-state index is -0.215. The third-order valence-electron chi connectivity index (χ3n) is 5.42. The Morgan fingerprint density at radius 2 is 1.56 bits per heavy atom. The summed E-state index contributed by atoms with van der Waals surface area (Å²) >= 11 is 0. The first-order valence-corrected chi connectivity index (χ1v) is 9.63. The summed E-state index contributed by atoms with van der Waals surface area (Å²) in [5.74, 6) is -0.177. The topological polar surface area (TPSA) is 95.1 Å². The van der Waals surface area contributed by atoms with Gasteiger partial charge >= 0.3 is 0 Å². The van der Waals surface area contributed by atoms with Crippen molar-refractivity contribution in [2.75, 3.05) is 26.2 Å². The van der Waals surface area contributed by atoms with E-state index in [1.807, 2.05) is 6.07 Å². The molecule has 8 nitrogen and oxygen atoms in total. The van der Waals surface area contributed by atoms with E-state index in [2.05, 4.69) is 20.2 Å². The van der Waals surface area contributed by atoms with Crippen LogP contribution in [0.1, 0.15) is 64.7 Å². The van der Waals surface area contributed by atoms with Crippen molar-refractivity contribution in [3.63, 3.8) is 0 Å². The predicted octanol–water partition coefficient (Wildman–Crippen LogP) is 1.85. The first-order valence-electron chi connectivity index (χ1n) is 9.63. The summed E-state index contributed by atoms with van der Waals surface area (Å²) < 4.78 is 0. The maximum atomic E-state index is 13.1. The molecule has 4 rings (SSSR count). The Bertz CT molecular complexity index is 800.